The first kappa shape index (κ1) is 10.6. The summed E-state index contributed by atoms with van der Waals surface area (Å²) < 4.78 is 0. The second kappa shape index (κ2) is 3.57. The Bertz CT molecular complexity index is 421. The van der Waals surface area contributed by atoms with Crippen LogP contribution >= 0.6 is 11.6 Å². The Morgan fingerprint density at radius 2 is 2.07 bits per heavy atom. The molecule has 2 heteroatoms. The molecule has 0 bridgehead atoms. The zero-order valence-electron chi connectivity index (χ0n) is 9.39. The quantitative estimate of drug-likeness (QED) is 0.745. The summed E-state index contributed by atoms with van der Waals surface area (Å²) >= 11 is 6.17. The zero-order chi connectivity index (χ0) is 11.2. The van der Waals surface area contributed by atoms with Crippen molar-refractivity contribution in [1.82, 2.24) is 0 Å². The van der Waals surface area contributed by atoms with Gasteiger partial charge in [-0.1, -0.05) is 38.1 Å². The summed E-state index contributed by atoms with van der Waals surface area (Å²) in [5.41, 5.74) is 4.73. The molecular formula is C13H16ClN. The molecule has 1 aromatic carbocycles. The SMILES string of the molecule is C=C1Nc2c(Cl)ccc(C)c2C1C(C)C. The van der Waals surface area contributed by atoms with Crippen LogP contribution in [-0.2, 0) is 0 Å². The molecule has 1 heterocycles. The minimum absolute atomic E-state index is 0.388. The molecule has 0 radical (unpaired) electrons. The fraction of sp³-hybridized carbons (Fsp3) is 0.385. The average molecular weight is 222 g/mol. The van der Waals surface area contributed by atoms with E-state index in [2.05, 4.69) is 38.7 Å². The Labute approximate surface area is 96.1 Å². The van der Waals surface area contributed by atoms with Crippen molar-refractivity contribution in [3.63, 3.8) is 0 Å². The topological polar surface area (TPSA) is 12.0 Å². The fourth-order valence-corrected chi connectivity index (χ4v) is 2.59. The van der Waals surface area contributed by atoms with Gasteiger partial charge in [0.15, 0.2) is 0 Å². The van der Waals surface area contributed by atoms with Crippen molar-refractivity contribution in [3.05, 3.63) is 40.6 Å². The van der Waals surface area contributed by atoms with Crippen molar-refractivity contribution in [2.24, 2.45) is 5.92 Å². The first-order chi connectivity index (χ1) is 7.02. The Morgan fingerprint density at radius 3 is 2.67 bits per heavy atom. The van der Waals surface area contributed by atoms with Gasteiger partial charge in [0.05, 0.1) is 10.7 Å². The van der Waals surface area contributed by atoms with Gasteiger partial charge < -0.3 is 5.32 Å². The molecule has 0 saturated heterocycles. The average Bonchev–Trinajstić information content (AvgIpc) is 2.50. The third-order valence-electron chi connectivity index (χ3n) is 3.05. The van der Waals surface area contributed by atoms with Gasteiger partial charge in [0.2, 0.25) is 0 Å². The normalized spacial score (nSPS) is 19.3. The third-order valence-corrected chi connectivity index (χ3v) is 3.37. The molecule has 0 aliphatic carbocycles. The van der Waals surface area contributed by atoms with Crippen LogP contribution in [0.2, 0.25) is 5.02 Å². The van der Waals surface area contributed by atoms with Gasteiger partial charge in [0.25, 0.3) is 0 Å². The third kappa shape index (κ3) is 1.55. The zero-order valence-corrected chi connectivity index (χ0v) is 10.2. The fourth-order valence-electron chi connectivity index (χ4n) is 2.37. The Hall–Kier alpha value is -0.950. The minimum atomic E-state index is 0.388. The van der Waals surface area contributed by atoms with Crippen LogP contribution in [0.5, 0.6) is 0 Å². The molecule has 0 aromatic heterocycles. The van der Waals surface area contributed by atoms with E-state index in [4.69, 9.17) is 11.6 Å². The number of allylic oxidation sites excluding steroid dienone is 1. The van der Waals surface area contributed by atoms with Crippen LogP contribution in [0.4, 0.5) is 5.69 Å². The first-order valence-electron chi connectivity index (χ1n) is 5.27. The number of benzene rings is 1. The van der Waals surface area contributed by atoms with Crippen molar-refractivity contribution < 1.29 is 0 Å². The number of halogens is 1. The molecule has 1 aliphatic heterocycles. The van der Waals surface area contributed by atoms with Crippen molar-refractivity contribution in [2.75, 3.05) is 5.32 Å². The van der Waals surface area contributed by atoms with E-state index in [1.165, 1.54) is 11.1 Å². The first-order valence-corrected chi connectivity index (χ1v) is 5.65. The van der Waals surface area contributed by atoms with E-state index in [1.54, 1.807) is 0 Å². The lowest BCUT2D eigenvalue weighted by Gasteiger charge is -2.17. The largest absolute Gasteiger partial charge is 0.357 e. The maximum Gasteiger partial charge on any atom is 0.0644 e. The highest BCUT2D eigenvalue weighted by atomic mass is 35.5. The summed E-state index contributed by atoms with van der Waals surface area (Å²) in [6.07, 6.45) is 0. The number of aryl methyl sites for hydroxylation is 1. The highest BCUT2D eigenvalue weighted by molar-refractivity contribution is 6.33. The second-order valence-corrected chi connectivity index (χ2v) is 4.93. The summed E-state index contributed by atoms with van der Waals surface area (Å²) in [7, 11) is 0. The molecule has 80 valence electrons. The maximum atomic E-state index is 6.17. The molecule has 0 amide bonds. The molecular weight excluding hydrogens is 206 g/mol. The van der Waals surface area contributed by atoms with Gasteiger partial charge in [-0.2, -0.15) is 0 Å². The molecule has 0 saturated carbocycles. The van der Waals surface area contributed by atoms with E-state index < -0.39 is 0 Å². The molecule has 0 fully saturated rings. The lowest BCUT2D eigenvalue weighted by atomic mass is 9.86. The van der Waals surface area contributed by atoms with Crippen LogP contribution in [0.25, 0.3) is 0 Å². The van der Waals surface area contributed by atoms with E-state index in [-0.39, 0.29) is 0 Å². The van der Waals surface area contributed by atoms with Crippen LogP contribution < -0.4 is 5.32 Å². The number of nitrogens with one attached hydrogen (secondary N) is 1. The summed E-state index contributed by atoms with van der Waals surface area (Å²) in [6.45, 7) is 10.6. The number of anilines is 1. The van der Waals surface area contributed by atoms with Crippen LogP contribution in [-0.4, -0.2) is 0 Å². The molecule has 1 atom stereocenters. The molecule has 1 unspecified atom stereocenters. The molecule has 1 nitrogen and oxygen atoms in total. The summed E-state index contributed by atoms with van der Waals surface area (Å²) in [6, 6.07) is 4.02. The highest BCUT2D eigenvalue weighted by Crippen LogP contribution is 2.46. The molecule has 1 N–H and O–H groups in total. The van der Waals surface area contributed by atoms with Crippen molar-refractivity contribution in [2.45, 2.75) is 26.7 Å². The summed E-state index contributed by atoms with van der Waals surface area (Å²) in [4.78, 5) is 0. The van der Waals surface area contributed by atoms with Gasteiger partial charge in [-0.15, -0.1) is 0 Å². The van der Waals surface area contributed by atoms with Crippen LogP contribution in [0.3, 0.4) is 0 Å². The number of hydrogen-bond donors (Lipinski definition) is 1. The van der Waals surface area contributed by atoms with E-state index in [9.17, 15) is 0 Å². The highest BCUT2D eigenvalue weighted by Gasteiger charge is 2.31. The molecule has 1 aromatic rings. The van der Waals surface area contributed by atoms with Gasteiger partial charge >= 0.3 is 0 Å². The van der Waals surface area contributed by atoms with E-state index >= 15 is 0 Å². The number of fused-ring (bicyclic) bond motifs is 1. The van der Waals surface area contributed by atoms with Crippen molar-refractivity contribution in [3.8, 4) is 0 Å². The Kier molecular flexibility index (Phi) is 2.51. The van der Waals surface area contributed by atoms with Crippen LogP contribution in [0.15, 0.2) is 24.4 Å². The lowest BCUT2D eigenvalue weighted by Crippen LogP contribution is -2.06. The van der Waals surface area contributed by atoms with Gasteiger partial charge in [0, 0.05) is 11.6 Å². The van der Waals surface area contributed by atoms with E-state index in [1.807, 2.05) is 6.07 Å². The van der Waals surface area contributed by atoms with Gasteiger partial charge in [0.1, 0.15) is 0 Å². The molecule has 0 spiro atoms. The van der Waals surface area contributed by atoms with Crippen LogP contribution in [0.1, 0.15) is 30.9 Å². The summed E-state index contributed by atoms with van der Waals surface area (Å²) in [5.74, 6) is 0.933. The molecule has 15 heavy (non-hydrogen) atoms. The Balaban J connectivity index is 2.62. The van der Waals surface area contributed by atoms with E-state index in [0.29, 0.717) is 11.8 Å². The second-order valence-electron chi connectivity index (χ2n) is 4.52. The van der Waals surface area contributed by atoms with Gasteiger partial charge in [-0.3, -0.25) is 0 Å². The lowest BCUT2D eigenvalue weighted by molar-refractivity contribution is 0.569. The maximum absolute atomic E-state index is 6.17. The van der Waals surface area contributed by atoms with Gasteiger partial charge in [-0.25, -0.2) is 0 Å². The standard InChI is InChI=1S/C13H16ClN/c1-7(2)11-9(4)15-13-10(14)6-5-8(3)12(11)13/h5-7,11,15H,4H2,1-3H3. The van der Waals surface area contributed by atoms with Crippen molar-refractivity contribution in [1.29, 1.82) is 0 Å². The van der Waals surface area contributed by atoms with Gasteiger partial charge in [-0.05, 0) is 30.0 Å². The smallest absolute Gasteiger partial charge is 0.0644 e. The number of rotatable bonds is 1. The monoisotopic (exact) mass is 221 g/mol. The predicted octanol–water partition coefficient (Wildman–Crippen LogP) is 4.33. The van der Waals surface area contributed by atoms with Crippen molar-refractivity contribution >= 4 is 17.3 Å². The Morgan fingerprint density at radius 1 is 1.40 bits per heavy atom. The predicted molar refractivity (Wildman–Crippen MR) is 66.5 cm³/mol. The molecule has 1 aliphatic rings. The molecule has 2 rings (SSSR count). The van der Waals surface area contributed by atoms with Crippen LogP contribution in [0, 0.1) is 12.8 Å². The number of hydrogen-bond acceptors (Lipinski definition) is 1. The summed E-state index contributed by atoms with van der Waals surface area (Å²) in [5, 5.41) is 4.10. The van der Waals surface area contributed by atoms with E-state index in [0.717, 1.165) is 16.4 Å². The minimum Gasteiger partial charge on any atom is -0.357 e.